The Morgan fingerprint density at radius 2 is 1.59 bits per heavy atom. The summed E-state index contributed by atoms with van der Waals surface area (Å²) in [5.41, 5.74) is 7.40. The number of carbonyl (C=O) groups is 2. The maximum Gasteiger partial charge on any atom is 0.254 e. The van der Waals surface area contributed by atoms with Crippen LogP contribution in [0.25, 0.3) is 0 Å². The molecule has 0 aliphatic carbocycles. The lowest BCUT2D eigenvalue weighted by Crippen LogP contribution is -2.30. The second-order valence-corrected chi connectivity index (χ2v) is 5.51. The molecule has 22 heavy (non-hydrogen) atoms. The summed E-state index contributed by atoms with van der Waals surface area (Å²) in [6.45, 7) is 0.760. The van der Waals surface area contributed by atoms with Gasteiger partial charge in [0.05, 0.1) is 6.04 Å². The summed E-state index contributed by atoms with van der Waals surface area (Å²) in [6.07, 6.45) is 1.99. The molecule has 1 fully saturated rings. The Kier molecular flexibility index (Phi) is 3.92. The fourth-order valence-electron chi connectivity index (χ4n) is 2.97. The highest BCUT2D eigenvalue weighted by molar-refractivity contribution is 5.97. The maximum absolute atomic E-state index is 12.7. The summed E-state index contributed by atoms with van der Waals surface area (Å²) in [5.74, 6) is -0.482. The fourth-order valence-corrected chi connectivity index (χ4v) is 2.97. The molecule has 0 aromatic heterocycles. The molecule has 1 atom stereocenters. The summed E-state index contributed by atoms with van der Waals surface area (Å²) in [7, 11) is 0. The van der Waals surface area contributed by atoms with Crippen LogP contribution in [0.2, 0.25) is 0 Å². The van der Waals surface area contributed by atoms with Crippen molar-refractivity contribution in [3.8, 4) is 0 Å². The molecule has 1 saturated heterocycles. The highest BCUT2D eigenvalue weighted by Crippen LogP contribution is 2.32. The van der Waals surface area contributed by atoms with E-state index in [0.717, 1.165) is 19.4 Å². The SMILES string of the molecule is NC(=O)c1ccc(C(=O)N2CCC[C@@H]2c2ccccc2)cc1. The molecule has 0 radical (unpaired) electrons. The van der Waals surface area contributed by atoms with Gasteiger partial charge in [-0.1, -0.05) is 30.3 Å². The molecular formula is C18H18N2O2. The highest BCUT2D eigenvalue weighted by Gasteiger charge is 2.30. The Morgan fingerprint density at radius 3 is 2.23 bits per heavy atom. The van der Waals surface area contributed by atoms with E-state index in [4.69, 9.17) is 5.73 Å². The highest BCUT2D eigenvalue weighted by atomic mass is 16.2. The van der Waals surface area contributed by atoms with E-state index in [1.807, 2.05) is 23.1 Å². The molecule has 112 valence electrons. The van der Waals surface area contributed by atoms with Crippen LogP contribution in [0, 0.1) is 0 Å². The predicted molar refractivity (Wildman–Crippen MR) is 84.4 cm³/mol. The molecule has 0 bridgehead atoms. The van der Waals surface area contributed by atoms with E-state index in [0.29, 0.717) is 11.1 Å². The van der Waals surface area contributed by atoms with Gasteiger partial charge in [0.2, 0.25) is 5.91 Å². The van der Waals surface area contributed by atoms with Gasteiger partial charge in [0, 0.05) is 17.7 Å². The summed E-state index contributed by atoms with van der Waals surface area (Å²) >= 11 is 0. The lowest BCUT2D eigenvalue weighted by Gasteiger charge is -2.25. The predicted octanol–water partition coefficient (Wildman–Crippen LogP) is 2.76. The summed E-state index contributed by atoms with van der Waals surface area (Å²) in [4.78, 5) is 25.7. The average molecular weight is 294 g/mol. The molecule has 2 amide bonds. The zero-order chi connectivity index (χ0) is 15.5. The number of benzene rings is 2. The van der Waals surface area contributed by atoms with Crippen LogP contribution < -0.4 is 5.73 Å². The van der Waals surface area contributed by atoms with Gasteiger partial charge in [-0.25, -0.2) is 0 Å². The number of rotatable bonds is 3. The van der Waals surface area contributed by atoms with Crippen molar-refractivity contribution in [2.24, 2.45) is 5.73 Å². The number of primary amides is 1. The molecule has 4 heteroatoms. The number of hydrogen-bond donors (Lipinski definition) is 1. The van der Waals surface area contributed by atoms with Crippen LogP contribution in [-0.2, 0) is 0 Å². The van der Waals surface area contributed by atoms with Gasteiger partial charge in [-0.3, -0.25) is 9.59 Å². The van der Waals surface area contributed by atoms with Gasteiger partial charge in [0.15, 0.2) is 0 Å². The Balaban J connectivity index is 1.83. The van der Waals surface area contributed by atoms with Crippen LogP contribution in [0.4, 0.5) is 0 Å². The maximum atomic E-state index is 12.7. The van der Waals surface area contributed by atoms with E-state index in [9.17, 15) is 9.59 Å². The second kappa shape index (κ2) is 6.02. The molecule has 2 N–H and O–H groups in total. The zero-order valence-corrected chi connectivity index (χ0v) is 12.2. The van der Waals surface area contributed by atoms with Gasteiger partial charge in [0.1, 0.15) is 0 Å². The molecule has 1 aliphatic rings. The van der Waals surface area contributed by atoms with Gasteiger partial charge in [-0.05, 0) is 42.7 Å². The van der Waals surface area contributed by atoms with Crippen molar-refractivity contribution in [2.75, 3.05) is 6.54 Å². The molecule has 0 saturated carbocycles. The topological polar surface area (TPSA) is 63.4 Å². The van der Waals surface area contributed by atoms with Gasteiger partial charge in [-0.15, -0.1) is 0 Å². The molecular weight excluding hydrogens is 276 g/mol. The molecule has 2 aromatic carbocycles. The van der Waals surface area contributed by atoms with E-state index in [2.05, 4.69) is 12.1 Å². The Morgan fingerprint density at radius 1 is 0.955 bits per heavy atom. The number of nitrogens with two attached hydrogens (primary N) is 1. The van der Waals surface area contributed by atoms with Gasteiger partial charge < -0.3 is 10.6 Å². The van der Waals surface area contributed by atoms with E-state index < -0.39 is 5.91 Å². The number of hydrogen-bond acceptors (Lipinski definition) is 2. The monoisotopic (exact) mass is 294 g/mol. The van der Waals surface area contributed by atoms with Crippen LogP contribution in [0.15, 0.2) is 54.6 Å². The van der Waals surface area contributed by atoms with Crippen LogP contribution in [0.3, 0.4) is 0 Å². The first-order chi connectivity index (χ1) is 10.7. The summed E-state index contributed by atoms with van der Waals surface area (Å²) < 4.78 is 0. The normalized spacial score (nSPS) is 17.5. The summed E-state index contributed by atoms with van der Waals surface area (Å²) in [5, 5.41) is 0. The third-order valence-corrected chi connectivity index (χ3v) is 4.11. The minimum atomic E-state index is -0.484. The Hall–Kier alpha value is -2.62. The smallest absolute Gasteiger partial charge is 0.254 e. The molecule has 4 nitrogen and oxygen atoms in total. The first-order valence-corrected chi connectivity index (χ1v) is 7.42. The third-order valence-electron chi connectivity index (χ3n) is 4.11. The quantitative estimate of drug-likeness (QED) is 0.946. The second-order valence-electron chi connectivity index (χ2n) is 5.51. The largest absolute Gasteiger partial charge is 0.366 e. The zero-order valence-electron chi connectivity index (χ0n) is 12.2. The lowest BCUT2D eigenvalue weighted by molar-refractivity contribution is 0.0735. The summed E-state index contributed by atoms with van der Waals surface area (Å²) in [6, 6.07) is 16.8. The van der Waals surface area contributed by atoms with Crippen molar-refractivity contribution in [1.82, 2.24) is 4.90 Å². The van der Waals surface area contributed by atoms with Crippen LogP contribution in [0.1, 0.15) is 45.2 Å². The van der Waals surface area contributed by atoms with Crippen molar-refractivity contribution in [3.63, 3.8) is 0 Å². The van der Waals surface area contributed by atoms with Crippen molar-refractivity contribution >= 4 is 11.8 Å². The molecule has 0 spiro atoms. The van der Waals surface area contributed by atoms with E-state index >= 15 is 0 Å². The van der Waals surface area contributed by atoms with E-state index in [1.165, 1.54) is 5.56 Å². The number of likely N-dealkylation sites (tertiary alicyclic amines) is 1. The average Bonchev–Trinajstić information content (AvgIpc) is 3.04. The van der Waals surface area contributed by atoms with Crippen LogP contribution in [-0.4, -0.2) is 23.3 Å². The molecule has 3 rings (SSSR count). The van der Waals surface area contributed by atoms with Gasteiger partial charge >= 0.3 is 0 Å². The number of amides is 2. The van der Waals surface area contributed by atoms with Crippen molar-refractivity contribution in [2.45, 2.75) is 18.9 Å². The fraction of sp³-hybridized carbons (Fsp3) is 0.222. The first-order valence-electron chi connectivity index (χ1n) is 7.42. The van der Waals surface area contributed by atoms with E-state index in [-0.39, 0.29) is 11.9 Å². The number of carbonyl (C=O) groups excluding carboxylic acids is 2. The van der Waals surface area contributed by atoms with Gasteiger partial charge in [0.25, 0.3) is 5.91 Å². The van der Waals surface area contributed by atoms with Crippen molar-refractivity contribution < 1.29 is 9.59 Å². The van der Waals surface area contributed by atoms with Crippen LogP contribution in [0.5, 0.6) is 0 Å². The van der Waals surface area contributed by atoms with E-state index in [1.54, 1.807) is 24.3 Å². The standard InChI is InChI=1S/C18H18N2O2/c19-17(21)14-8-10-15(11-9-14)18(22)20-12-4-7-16(20)13-5-2-1-3-6-13/h1-3,5-6,8-11,16H,4,7,12H2,(H2,19,21)/t16-/m1/s1. The van der Waals surface area contributed by atoms with Crippen molar-refractivity contribution in [1.29, 1.82) is 0 Å². The molecule has 1 aliphatic heterocycles. The lowest BCUT2D eigenvalue weighted by atomic mass is 10.0. The Labute approximate surface area is 129 Å². The van der Waals surface area contributed by atoms with Crippen LogP contribution >= 0.6 is 0 Å². The molecule has 0 unspecified atom stereocenters. The van der Waals surface area contributed by atoms with Gasteiger partial charge in [-0.2, -0.15) is 0 Å². The molecule has 1 heterocycles. The van der Waals surface area contributed by atoms with Crippen molar-refractivity contribution in [3.05, 3.63) is 71.3 Å². The molecule has 2 aromatic rings. The minimum Gasteiger partial charge on any atom is -0.366 e. The first kappa shape index (κ1) is 14.3. The number of nitrogens with zero attached hydrogens (tertiary/aromatic N) is 1. The minimum absolute atomic E-state index is 0.00220. The Bertz CT molecular complexity index is 680. The third kappa shape index (κ3) is 2.72.